The van der Waals surface area contributed by atoms with Crippen molar-refractivity contribution in [1.29, 1.82) is 5.26 Å². The molecule has 0 spiro atoms. The van der Waals surface area contributed by atoms with Crippen LogP contribution in [-0.2, 0) is 6.18 Å². The van der Waals surface area contributed by atoms with Gasteiger partial charge in [0.05, 0.1) is 11.6 Å². The number of nitrogens with zero attached hydrogens (tertiary/aromatic N) is 1. The van der Waals surface area contributed by atoms with Crippen molar-refractivity contribution in [2.45, 2.75) is 12.3 Å². The van der Waals surface area contributed by atoms with E-state index in [1.807, 2.05) is 0 Å². The lowest BCUT2D eigenvalue weighted by atomic mass is 10.1. The van der Waals surface area contributed by atoms with Gasteiger partial charge in [0.15, 0.2) is 6.10 Å². The Balaban J connectivity index is 3.24. The number of nitriles is 1. The van der Waals surface area contributed by atoms with Gasteiger partial charge in [0.25, 0.3) is 0 Å². The fourth-order valence-electron chi connectivity index (χ4n) is 0.999. The second kappa shape index (κ2) is 4.09. The lowest BCUT2D eigenvalue weighted by molar-refractivity contribution is -0.137. The van der Waals surface area contributed by atoms with Gasteiger partial charge in [-0.3, -0.25) is 0 Å². The zero-order chi connectivity index (χ0) is 11.6. The third-order valence-corrected chi connectivity index (χ3v) is 2.08. The van der Waals surface area contributed by atoms with Crippen LogP contribution in [0.4, 0.5) is 13.2 Å². The maximum absolute atomic E-state index is 12.3. The standard InChI is InChI=1S/C9H5ClF3NO/c10-7-2-1-5(9(11,12)13)3-6(7)8(15)4-14/h1-3,8,15H. The van der Waals surface area contributed by atoms with E-state index in [9.17, 15) is 13.2 Å². The number of hydrogen-bond donors (Lipinski definition) is 1. The van der Waals surface area contributed by atoms with Crippen molar-refractivity contribution in [3.8, 4) is 6.07 Å². The summed E-state index contributed by atoms with van der Waals surface area (Å²) in [5.74, 6) is 0. The SMILES string of the molecule is N#CC(O)c1cc(C(F)(F)F)ccc1Cl. The number of halogens is 4. The van der Waals surface area contributed by atoms with Crippen LogP contribution in [0.2, 0.25) is 5.02 Å². The highest BCUT2D eigenvalue weighted by Crippen LogP contribution is 2.33. The molecule has 0 saturated carbocycles. The summed E-state index contributed by atoms with van der Waals surface area (Å²) in [5.41, 5.74) is -1.19. The van der Waals surface area contributed by atoms with Crippen LogP contribution in [0.5, 0.6) is 0 Å². The molecule has 1 atom stereocenters. The van der Waals surface area contributed by atoms with Crippen molar-refractivity contribution in [3.05, 3.63) is 34.3 Å². The fourth-order valence-corrected chi connectivity index (χ4v) is 1.22. The summed E-state index contributed by atoms with van der Waals surface area (Å²) in [6.45, 7) is 0. The molecule has 6 heteroatoms. The highest BCUT2D eigenvalue weighted by Gasteiger charge is 2.31. The topological polar surface area (TPSA) is 44.0 Å². The van der Waals surface area contributed by atoms with Gasteiger partial charge in [-0.2, -0.15) is 18.4 Å². The first-order chi connectivity index (χ1) is 6.86. The van der Waals surface area contributed by atoms with Crippen LogP contribution >= 0.6 is 11.6 Å². The smallest absolute Gasteiger partial charge is 0.374 e. The molecule has 1 N–H and O–H groups in total. The molecule has 1 rings (SSSR count). The first kappa shape index (κ1) is 11.8. The van der Waals surface area contributed by atoms with Crippen LogP contribution in [0.1, 0.15) is 17.2 Å². The summed E-state index contributed by atoms with van der Waals surface area (Å²) >= 11 is 5.54. The van der Waals surface area contributed by atoms with Gasteiger partial charge in [0, 0.05) is 10.6 Å². The third kappa shape index (κ3) is 2.61. The van der Waals surface area contributed by atoms with Crippen LogP contribution in [0.15, 0.2) is 18.2 Å². The Bertz CT molecular complexity index is 411. The molecule has 0 aromatic heterocycles. The summed E-state index contributed by atoms with van der Waals surface area (Å²) in [5, 5.41) is 17.4. The summed E-state index contributed by atoms with van der Waals surface area (Å²) in [7, 11) is 0. The van der Waals surface area contributed by atoms with E-state index in [0.29, 0.717) is 6.07 Å². The lowest BCUT2D eigenvalue weighted by Gasteiger charge is -2.10. The van der Waals surface area contributed by atoms with Crippen molar-refractivity contribution in [2.75, 3.05) is 0 Å². The van der Waals surface area contributed by atoms with E-state index >= 15 is 0 Å². The molecule has 0 fully saturated rings. The van der Waals surface area contributed by atoms with Gasteiger partial charge in [0.2, 0.25) is 0 Å². The molecule has 1 aromatic rings. The number of aliphatic hydroxyl groups excluding tert-OH is 1. The molecule has 1 aromatic carbocycles. The summed E-state index contributed by atoms with van der Waals surface area (Å²) in [6.07, 6.45) is -6.17. The minimum Gasteiger partial charge on any atom is -0.374 e. The Morgan fingerprint density at radius 3 is 2.47 bits per heavy atom. The molecule has 0 aliphatic carbocycles. The molecule has 80 valence electrons. The van der Waals surface area contributed by atoms with Gasteiger partial charge in [0.1, 0.15) is 0 Å². The van der Waals surface area contributed by atoms with Crippen molar-refractivity contribution < 1.29 is 18.3 Å². The zero-order valence-corrected chi connectivity index (χ0v) is 7.97. The largest absolute Gasteiger partial charge is 0.416 e. The minimum atomic E-state index is -4.52. The summed E-state index contributed by atoms with van der Waals surface area (Å²) in [4.78, 5) is 0. The van der Waals surface area contributed by atoms with E-state index < -0.39 is 17.8 Å². The van der Waals surface area contributed by atoms with E-state index in [-0.39, 0.29) is 10.6 Å². The molecule has 0 amide bonds. The average molecular weight is 236 g/mol. The van der Waals surface area contributed by atoms with Gasteiger partial charge in [-0.05, 0) is 18.2 Å². The number of alkyl halides is 3. The average Bonchev–Trinajstić information content (AvgIpc) is 2.15. The molecule has 0 heterocycles. The van der Waals surface area contributed by atoms with Crippen molar-refractivity contribution >= 4 is 11.6 Å². The number of benzene rings is 1. The van der Waals surface area contributed by atoms with Crippen molar-refractivity contribution in [2.24, 2.45) is 0 Å². The van der Waals surface area contributed by atoms with E-state index in [1.165, 1.54) is 6.07 Å². The Labute approximate surface area is 88.5 Å². The molecule has 0 aliphatic heterocycles. The maximum atomic E-state index is 12.3. The van der Waals surface area contributed by atoms with Crippen LogP contribution < -0.4 is 0 Å². The fraction of sp³-hybridized carbons (Fsp3) is 0.222. The van der Waals surface area contributed by atoms with E-state index in [0.717, 1.165) is 12.1 Å². The second-order valence-corrected chi connectivity index (χ2v) is 3.17. The first-order valence-corrected chi connectivity index (χ1v) is 4.18. The van der Waals surface area contributed by atoms with Crippen molar-refractivity contribution in [3.63, 3.8) is 0 Å². The predicted octanol–water partition coefficient (Wildman–Crippen LogP) is 2.92. The van der Waals surface area contributed by atoms with Crippen LogP contribution in [0, 0.1) is 11.3 Å². The van der Waals surface area contributed by atoms with E-state index in [4.69, 9.17) is 22.0 Å². The van der Waals surface area contributed by atoms with Gasteiger partial charge < -0.3 is 5.11 Å². The van der Waals surface area contributed by atoms with Crippen LogP contribution in [-0.4, -0.2) is 5.11 Å². The Kier molecular flexibility index (Phi) is 3.22. The van der Waals surface area contributed by atoms with Gasteiger partial charge in [-0.25, -0.2) is 0 Å². The number of aliphatic hydroxyl groups is 1. The zero-order valence-electron chi connectivity index (χ0n) is 7.22. The molecular formula is C9H5ClF3NO. The summed E-state index contributed by atoms with van der Waals surface area (Å²) in [6, 6.07) is 3.86. The highest BCUT2D eigenvalue weighted by atomic mass is 35.5. The molecule has 0 bridgehead atoms. The van der Waals surface area contributed by atoms with Crippen molar-refractivity contribution in [1.82, 2.24) is 0 Å². The number of rotatable bonds is 1. The minimum absolute atomic E-state index is 0.0722. The van der Waals surface area contributed by atoms with Crippen LogP contribution in [0.3, 0.4) is 0 Å². The van der Waals surface area contributed by atoms with Gasteiger partial charge in [-0.15, -0.1) is 0 Å². The third-order valence-electron chi connectivity index (χ3n) is 1.74. The van der Waals surface area contributed by atoms with Gasteiger partial charge >= 0.3 is 6.18 Å². The van der Waals surface area contributed by atoms with Gasteiger partial charge in [-0.1, -0.05) is 11.6 Å². The molecule has 0 aliphatic rings. The quantitative estimate of drug-likeness (QED) is 0.761. The second-order valence-electron chi connectivity index (χ2n) is 2.77. The molecule has 1 unspecified atom stereocenters. The summed E-state index contributed by atoms with van der Waals surface area (Å²) < 4.78 is 36.8. The Morgan fingerprint density at radius 2 is 2.00 bits per heavy atom. The lowest BCUT2D eigenvalue weighted by Crippen LogP contribution is -2.06. The molecule has 2 nitrogen and oxygen atoms in total. The number of hydrogen-bond acceptors (Lipinski definition) is 2. The normalized spacial score (nSPS) is 13.3. The van der Waals surface area contributed by atoms with E-state index in [1.54, 1.807) is 0 Å². The monoisotopic (exact) mass is 235 g/mol. The maximum Gasteiger partial charge on any atom is 0.416 e. The molecular weight excluding hydrogens is 231 g/mol. The van der Waals surface area contributed by atoms with E-state index in [2.05, 4.69) is 0 Å². The Morgan fingerprint density at radius 1 is 1.40 bits per heavy atom. The first-order valence-electron chi connectivity index (χ1n) is 3.80. The Hall–Kier alpha value is -1.25. The molecule has 0 saturated heterocycles. The highest BCUT2D eigenvalue weighted by molar-refractivity contribution is 6.31. The predicted molar refractivity (Wildman–Crippen MR) is 47.0 cm³/mol. The van der Waals surface area contributed by atoms with Crippen LogP contribution in [0.25, 0.3) is 0 Å². The molecule has 0 radical (unpaired) electrons. The molecule has 15 heavy (non-hydrogen) atoms.